The predicted octanol–water partition coefficient (Wildman–Crippen LogP) is 9.00. The Morgan fingerprint density at radius 1 is 0.368 bits per heavy atom. The number of thiophene rings is 2. The summed E-state index contributed by atoms with van der Waals surface area (Å²) in [4.78, 5) is 24.0. The molecule has 8 rings (SSSR count). The molecule has 0 bridgehead atoms. The lowest BCUT2D eigenvalue weighted by Gasteiger charge is -2.04. The highest BCUT2D eigenvalue weighted by atomic mass is 32.1. The molecular formula is C32H18N4S2. The maximum atomic E-state index is 5.02. The van der Waals surface area contributed by atoms with Gasteiger partial charge in [0, 0.05) is 43.7 Å². The normalized spacial score (nSPS) is 11.7. The maximum absolute atomic E-state index is 5.02. The highest BCUT2D eigenvalue weighted by Gasteiger charge is 2.13. The third kappa shape index (κ3) is 3.49. The molecule has 6 heteroatoms. The third-order valence-electron chi connectivity index (χ3n) is 6.82. The summed E-state index contributed by atoms with van der Waals surface area (Å²) in [5.74, 6) is 0. The Kier molecular flexibility index (Phi) is 4.83. The van der Waals surface area contributed by atoms with Gasteiger partial charge in [0.1, 0.15) is 0 Å². The molecule has 0 radical (unpaired) electrons. The minimum absolute atomic E-state index is 0.942. The summed E-state index contributed by atoms with van der Waals surface area (Å²) in [5.41, 5.74) is 5.71. The van der Waals surface area contributed by atoms with Gasteiger partial charge in [-0.3, -0.25) is 9.97 Å². The first-order chi connectivity index (χ1) is 18.8. The zero-order chi connectivity index (χ0) is 25.1. The highest BCUT2D eigenvalue weighted by Crippen LogP contribution is 2.40. The topological polar surface area (TPSA) is 51.6 Å². The Bertz CT molecular complexity index is 2000. The molecule has 0 aliphatic heterocycles. The Labute approximate surface area is 225 Å². The van der Waals surface area contributed by atoms with E-state index < -0.39 is 0 Å². The Morgan fingerprint density at radius 2 is 0.763 bits per heavy atom. The molecule has 0 saturated carbocycles. The van der Waals surface area contributed by atoms with Crippen molar-refractivity contribution in [2.45, 2.75) is 0 Å². The van der Waals surface area contributed by atoms with Crippen LogP contribution in [0.5, 0.6) is 0 Å². The molecule has 0 aliphatic rings. The van der Waals surface area contributed by atoms with Crippen molar-refractivity contribution >= 4 is 66.3 Å². The average molecular weight is 523 g/mol. The van der Waals surface area contributed by atoms with Gasteiger partial charge in [-0.15, -0.1) is 22.7 Å². The van der Waals surface area contributed by atoms with Crippen LogP contribution in [0.3, 0.4) is 0 Å². The zero-order valence-electron chi connectivity index (χ0n) is 20.0. The van der Waals surface area contributed by atoms with Crippen molar-refractivity contribution in [2.75, 3.05) is 0 Å². The molecular weight excluding hydrogens is 505 g/mol. The second-order valence-corrected chi connectivity index (χ2v) is 11.3. The third-order valence-corrected chi connectivity index (χ3v) is 9.24. The van der Waals surface area contributed by atoms with Crippen LogP contribution in [0, 0.1) is 0 Å². The van der Waals surface area contributed by atoms with Crippen LogP contribution in [0.25, 0.3) is 74.5 Å². The van der Waals surface area contributed by atoms with Crippen LogP contribution in [0.1, 0.15) is 0 Å². The van der Waals surface area contributed by atoms with Gasteiger partial charge >= 0.3 is 0 Å². The molecule has 4 nitrogen and oxygen atoms in total. The van der Waals surface area contributed by atoms with Gasteiger partial charge < -0.3 is 0 Å². The van der Waals surface area contributed by atoms with Crippen molar-refractivity contribution in [2.24, 2.45) is 0 Å². The van der Waals surface area contributed by atoms with Gasteiger partial charge in [-0.1, -0.05) is 48.5 Å². The largest absolute Gasteiger partial charge is 0.254 e. The molecule has 8 aromatic rings. The van der Waals surface area contributed by atoms with Crippen molar-refractivity contribution in [3.63, 3.8) is 0 Å². The van der Waals surface area contributed by atoms with Gasteiger partial charge in [-0.2, -0.15) is 0 Å². The van der Waals surface area contributed by atoms with Crippen LogP contribution in [0.15, 0.2) is 109 Å². The molecule has 0 amide bonds. The van der Waals surface area contributed by atoms with Gasteiger partial charge in [0.05, 0.1) is 43.2 Å². The number of rotatable bonds is 3. The fourth-order valence-electron chi connectivity index (χ4n) is 4.94. The number of hydrogen-bond acceptors (Lipinski definition) is 6. The average Bonchev–Trinajstić information content (AvgIpc) is 3.67. The van der Waals surface area contributed by atoms with E-state index in [0.717, 1.165) is 64.8 Å². The molecule has 178 valence electrons. The molecule has 0 unspecified atom stereocenters. The summed E-state index contributed by atoms with van der Waals surface area (Å²) < 4.78 is 0. The summed E-state index contributed by atoms with van der Waals surface area (Å²) in [6.07, 6.45) is 3.66. The summed E-state index contributed by atoms with van der Waals surface area (Å²) in [7, 11) is 0. The molecule has 0 fully saturated rings. The number of pyridine rings is 4. The summed E-state index contributed by atoms with van der Waals surface area (Å²) in [6, 6.07) is 33.7. The molecule has 0 saturated heterocycles. The van der Waals surface area contributed by atoms with Crippen LogP contribution >= 0.6 is 22.7 Å². The van der Waals surface area contributed by atoms with E-state index in [9.17, 15) is 0 Å². The molecule has 38 heavy (non-hydrogen) atoms. The fourth-order valence-corrected chi connectivity index (χ4v) is 6.98. The molecule has 0 N–H and O–H groups in total. The highest BCUT2D eigenvalue weighted by molar-refractivity contribution is 7.25. The first-order valence-electron chi connectivity index (χ1n) is 12.3. The summed E-state index contributed by atoms with van der Waals surface area (Å²) in [5, 5.41) is 4.42. The van der Waals surface area contributed by atoms with Gasteiger partial charge in [-0.05, 0) is 48.5 Å². The summed E-state index contributed by atoms with van der Waals surface area (Å²) in [6.45, 7) is 0. The monoisotopic (exact) mass is 522 g/mol. The van der Waals surface area contributed by atoms with E-state index in [-0.39, 0.29) is 0 Å². The minimum Gasteiger partial charge on any atom is -0.254 e. The maximum Gasteiger partial charge on any atom is 0.0972 e. The van der Waals surface area contributed by atoms with Gasteiger partial charge in [0.2, 0.25) is 0 Å². The van der Waals surface area contributed by atoms with Gasteiger partial charge in [0.25, 0.3) is 0 Å². The van der Waals surface area contributed by atoms with E-state index in [4.69, 9.17) is 9.97 Å². The smallest absolute Gasteiger partial charge is 0.0972 e. The predicted molar refractivity (Wildman–Crippen MR) is 160 cm³/mol. The Morgan fingerprint density at radius 3 is 1.24 bits per heavy atom. The van der Waals surface area contributed by atoms with E-state index in [2.05, 4.69) is 94.9 Å². The lowest BCUT2D eigenvalue weighted by molar-refractivity contribution is 1.38. The first kappa shape index (κ1) is 21.6. The van der Waals surface area contributed by atoms with Crippen LogP contribution in [-0.2, 0) is 0 Å². The second kappa shape index (κ2) is 8.52. The second-order valence-electron chi connectivity index (χ2n) is 9.15. The van der Waals surface area contributed by atoms with E-state index in [1.54, 1.807) is 22.7 Å². The standard InChI is InChI=1S/C32H18N4S2/c1-3-19-5-7-21-9-11-23(35-31(21)29(19)33-17-1)25-13-15-27(37-25)28-16-14-26(38-28)24-12-10-22-8-6-20-4-2-18-34-30(20)32(22)36-24/h1-18H. The number of hydrogen-bond donors (Lipinski definition) is 0. The SMILES string of the molecule is c1cnc2c(c1)ccc1ccc(-c3ccc(-c4ccc(-c5ccc6ccc7cccnc7c6n5)s4)s3)nc12. The molecule has 0 spiro atoms. The van der Waals surface area contributed by atoms with Crippen molar-refractivity contribution < 1.29 is 0 Å². The Hall–Kier alpha value is -4.52. The van der Waals surface area contributed by atoms with Crippen molar-refractivity contribution in [1.82, 2.24) is 19.9 Å². The van der Waals surface area contributed by atoms with Crippen molar-refractivity contribution in [3.8, 4) is 30.9 Å². The summed E-state index contributed by atoms with van der Waals surface area (Å²) >= 11 is 3.53. The van der Waals surface area contributed by atoms with E-state index in [1.807, 2.05) is 24.5 Å². The molecule has 6 heterocycles. The molecule has 0 aliphatic carbocycles. The van der Waals surface area contributed by atoms with Crippen LogP contribution < -0.4 is 0 Å². The fraction of sp³-hybridized carbons (Fsp3) is 0. The van der Waals surface area contributed by atoms with Crippen molar-refractivity contribution in [3.05, 3.63) is 109 Å². The van der Waals surface area contributed by atoms with Crippen molar-refractivity contribution in [1.29, 1.82) is 0 Å². The van der Waals surface area contributed by atoms with Crippen LogP contribution in [-0.4, -0.2) is 19.9 Å². The first-order valence-corrected chi connectivity index (χ1v) is 13.9. The van der Waals surface area contributed by atoms with E-state index in [0.29, 0.717) is 0 Å². The van der Waals surface area contributed by atoms with E-state index >= 15 is 0 Å². The minimum atomic E-state index is 0.942. The van der Waals surface area contributed by atoms with Crippen LogP contribution in [0.4, 0.5) is 0 Å². The van der Waals surface area contributed by atoms with Crippen LogP contribution in [0.2, 0.25) is 0 Å². The zero-order valence-corrected chi connectivity index (χ0v) is 21.6. The number of fused-ring (bicyclic) bond motifs is 6. The number of nitrogens with zero attached hydrogens (tertiary/aromatic N) is 4. The number of aromatic nitrogens is 4. The number of benzene rings is 2. The molecule has 0 atom stereocenters. The molecule has 2 aromatic carbocycles. The molecule has 6 aromatic heterocycles. The quantitative estimate of drug-likeness (QED) is 0.217. The van der Waals surface area contributed by atoms with Gasteiger partial charge in [-0.25, -0.2) is 9.97 Å². The van der Waals surface area contributed by atoms with Gasteiger partial charge in [0.15, 0.2) is 0 Å². The van der Waals surface area contributed by atoms with E-state index in [1.165, 1.54) is 9.75 Å². The lowest BCUT2D eigenvalue weighted by atomic mass is 10.1. The Balaban J connectivity index is 1.16. The lowest BCUT2D eigenvalue weighted by Crippen LogP contribution is -1.87.